The summed E-state index contributed by atoms with van der Waals surface area (Å²) in [5.41, 5.74) is 11.4. The van der Waals surface area contributed by atoms with Gasteiger partial charge >= 0.3 is 5.97 Å². The van der Waals surface area contributed by atoms with Crippen LogP contribution in [0.25, 0.3) is 0 Å². The monoisotopic (exact) mass is 282 g/mol. The molecule has 20 heavy (non-hydrogen) atoms. The smallest absolute Gasteiger partial charge is 0.308 e. The lowest BCUT2D eigenvalue weighted by atomic mass is 9.81. The molecule has 2 rings (SSSR count). The van der Waals surface area contributed by atoms with Crippen LogP contribution in [0.5, 0.6) is 0 Å². The molecular formula is C16H30N2O2. The highest BCUT2D eigenvalue weighted by molar-refractivity contribution is 5.72. The molecule has 4 nitrogen and oxygen atoms in total. The van der Waals surface area contributed by atoms with Gasteiger partial charge in [0.1, 0.15) is 0 Å². The molecule has 2 fully saturated rings. The van der Waals surface area contributed by atoms with Crippen molar-refractivity contribution in [1.82, 2.24) is 0 Å². The number of nitrogens with two attached hydrogens (primary N) is 2. The molecule has 2 aliphatic rings. The Labute approximate surface area is 122 Å². The van der Waals surface area contributed by atoms with E-state index in [2.05, 4.69) is 0 Å². The van der Waals surface area contributed by atoms with Crippen LogP contribution in [0, 0.1) is 23.7 Å². The van der Waals surface area contributed by atoms with E-state index in [1.54, 1.807) is 0 Å². The SMILES string of the molecule is NCC1CCC(COC(=O)C2CCC(CN)CC2)CC1. The van der Waals surface area contributed by atoms with Gasteiger partial charge in [-0.1, -0.05) is 0 Å². The van der Waals surface area contributed by atoms with Crippen LogP contribution in [-0.2, 0) is 9.53 Å². The minimum absolute atomic E-state index is 0.0291. The molecule has 0 bridgehead atoms. The molecule has 4 N–H and O–H groups in total. The maximum absolute atomic E-state index is 12.1. The Balaban J connectivity index is 1.63. The molecule has 0 radical (unpaired) electrons. The van der Waals surface area contributed by atoms with Crippen LogP contribution in [0.4, 0.5) is 0 Å². The van der Waals surface area contributed by atoms with Gasteiger partial charge in [0.15, 0.2) is 0 Å². The van der Waals surface area contributed by atoms with E-state index in [0.29, 0.717) is 24.4 Å². The molecule has 0 aromatic rings. The minimum Gasteiger partial charge on any atom is -0.465 e. The molecule has 0 aromatic carbocycles. The number of hydrogen-bond donors (Lipinski definition) is 2. The van der Waals surface area contributed by atoms with Crippen molar-refractivity contribution in [3.8, 4) is 0 Å². The summed E-state index contributed by atoms with van der Waals surface area (Å²) in [5, 5.41) is 0. The quantitative estimate of drug-likeness (QED) is 0.757. The third-order valence-electron chi connectivity index (χ3n) is 5.27. The zero-order valence-electron chi connectivity index (χ0n) is 12.6. The molecule has 2 aliphatic carbocycles. The van der Waals surface area contributed by atoms with Crippen molar-refractivity contribution >= 4 is 5.97 Å². The summed E-state index contributed by atoms with van der Waals surface area (Å²) in [6.45, 7) is 2.18. The first-order chi connectivity index (χ1) is 9.72. The first kappa shape index (κ1) is 15.8. The number of rotatable bonds is 5. The van der Waals surface area contributed by atoms with Gasteiger partial charge in [-0.15, -0.1) is 0 Å². The van der Waals surface area contributed by atoms with Crippen LogP contribution in [0.3, 0.4) is 0 Å². The Bertz CT molecular complexity index is 293. The highest BCUT2D eigenvalue weighted by Gasteiger charge is 2.28. The first-order valence-corrected chi connectivity index (χ1v) is 8.29. The van der Waals surface area contributed by atoms with Gasteiger partial charge in [-0.3, -0.25) is 4.79 Å². The Hall–Kier alpha value is -0.610. The summed E-state index contributed by atoms with van der Waals surface area (Å²) in [6.07, 6.45) is 8.79. The maximum Gasteiger partial charge on any atom is 0.308 e. The van der Waals surface area contributed by atoms with E-state index in [1.165, 1.54) is 12.8 Å². The molecule has 116 valence electrons. The van der Waals surface area contributed by atoms with Crippen LogP contribution in [-0.4, -0.2) is 25.7 Å². The van der Waals surface area contributed by atoms with E-state index in [-0.39, 0.29) is 11.9 Å². The molecule has 0 spiro atoms. The van der Waals surface area contributed by atoms with Crippen molar-refractivity contribution in [1.29, 1.82) is 0 Å². The van der Waals surface area contributed by atoms with Gasteiger partial charge in [-0.25, -0.2) is 0 Å². The number of esters is 1. The summed E-state index contributed by atoms with van der Waals surface area (Å²) in [5.74, 6) is 2.01. The van der Waals surface area contributed by atoms with Crippen molar-refractivity contribution < 1.29 is 9.53 Å². The molecule has 0 saturated heterocycles. The summed E-state index contributed by atoms with van der Waals surface area (Å²) in [4.78, 5) is 12.1. The standard InChI is InChI=1S/C16H30N2O2/c17-9-12-1-3-14(4-2-12)11-20-16(19)15-7-5-13(10-18)6-8-15/h12-15H,1-11,17-18H2. The van der Waals surface area contributed by atoms with E-state index in [9.17, 15) is 4.79 Å². The normalized spacial score (nSPS) is 34.7. The van der Waals surface area contributed by atoms with E-state index in [0.717, 1.165) is 51.6 Å². The Kier molecular flexibility index (Phi) is 6.30. The van der Waals surface area contributed by atoms with Crippen molar-refractivity contribution in [2.75, 3.05) is 19.7 Å². The molecule has 0 amide bonds. The van der Waals surface area contributed by atoms with Crippen molar-refractivity contribution in [2.24, 2.45) is 35.1 Å². The number of carbonyl (C=O) groups excluding carboxylic acids is 1. The van der Waals surface area contributed by atoms with Gasteiger partial charge in [0, 0.05) is 0 Å². The molecule has 0 atom stereocenters. The second-order valence-corrected chi connectivity index (χ2v) is 6.71. The third kappa shape index (κ3) is 4.45. The van der Waals surface area contributed by atoms with Crippen molar-refractivity contribution in [3.05, 3.63) is 0 Å². The molecule has 2 saturated carbocycles. The second kappa shape index (κ2) is 7.99. The zero-order chi connectivity index (χ0) is 14.4. The molecule has 0 heterocycles. The Morgan fingerprint density at radius 1 is 0.800 bits per heavy atom. The van der Waals surface area contributed by atoms with Crippen LogP contribution >= 0.6 is 0 Å². The number of ether oxygens (including phenoxy) is 1. The lowest BCUT2D eigenvalue weighted by Crippen LogP contribution is -2.29. The fourth-order valence-electron chi connectivity index (χ4n) is 3.59. The third-order valence-corrected chi connectivity index (χ3v) is 5.27. The number of carbonyl (C=O) groups is 1. The molecule has 0 aromatic heterocycles. The molecular weight excluding hydrogens is 252 g/mol. The van der Waals surface area contributed by atoms with Gasteiger partial charge in [-0.05, 0) is 82.2 Å². The summed E-state index contributed by atoms with van der Waals surface area (Å²) < 4.78 is 5.56. The van der Waals surface area contributed by atoms with Gasteiger partial charge in [0.2, 0.25) is 0 Å². The minimum atomic E-state index is 0.0291. The van der Waals surface area contributed by atoms with E-state index >= 15 is 0 Å². The first-order valence-electron chi connectivity index (χ1n) is 8.29. The predicted octanol–water partition coefficient (Wildman–Crippen LogP) is 2.06. The fraction of sp³-hybridized carbons (Fsp3) is 0.938. The van der Waals surface area contributed by atoms with Crippen LogP contribution in [0.2, 0.25) is 0 Å². The van der Waals surface area contributed by atoms with Crippen molar-refractivity contribution in [2.45, 2.75) is 51.4 Å². The zero-order valence-corrected chi connectivity index (χ0v) is 12.6. The number of hydrogen-bond acceptors (Lipinski definition) is 4. The van der Waals surface area contributed by atoms with Gasteiger partial charge in [-0.2, -0.15) is 0 Å². The maximum atomic E-state index is 12.1. The highest BCUT2D eigenvalue weighted by Crippen LogP contribution is 2.31. The van der Waals surface area contributed by atoms with Crippen LogP contribution < -0.4 is 11.5 Å². The Morgan fingerprint density at radius 3 is 1.75 bits per heavy atom. The molecule has 0 unspecified atom stereocenters. The topological polar surface area (TPSA) is 78.3 Å². The predicted molar refractivity (Wildman–Crippen MR) is 80.0 cm³/mol. The fourth-order valence-corrected chi connectivity index (χ4v) is 3.59. The van der Waals surface area contributed by atoms with Gasteiger partial charge in [0.05, 0.1) is 12.5 Å². The van der Waals surface area contributed by atoms with E-state index in [1.807, 2.05) is 0 Å². The van der Waals surface area contributed by atoms with Gasteiger partial charge < -0.3 is 16.2 Å². The van der Waals surface area contributed by atoms with E-state index < -0.39 is 0 Å². The average molecular weight is 282 g/mol. The van der Waals surface area contributed by atoms with Crippen LogP contribution in [0.15, 0.2) is 0 Å². The summed E-state index contributed by atoms with van der Waals surface area (Å²) in [6, 6.07) is 0. The summed E-state index contributed by atoms with van der Waals surface area (Å²) >= 11 is 0. The average Bonchev–Trinajstić information content (AvgIpc) is 2.53. The lowest BCUT2D eigenvalue weighted by Gasteiger charge is -2.29. The summed E-state index contributed by atoms with van der Waals surface area (Å²) in [7, 11) is 0. The second-order valence-electron chi connectivity index (χ2n) is 6.71. The molecule has 4 heteroatoms. The Morgan fingerprint density at radius 2 is 1.25 bits per heavy atom. The van der Waals surface area contributed by atoms with Crippen LogP contribution in [0.1, 0.15) is 51.4 Å². The molecule has 0 aliphatic heterocycles. The van der Waals surface area contributed by atoms with Crippen molar-refractivity contribution in [3.63, 3.8) is 0 Å². The largest absolute Gasteiger partial charge is 0.465 e. The van der Waals surface area contributed by atoms with Gasteiger partial charge in [0.25, 0.3) is 0 Å². The lowest BCUT2D eigenvalue weighted by molar-refractivity contribution is -0.151. The highest BCUT2D eigenvalue weighted by atomic mass is 16.5. The van der Waals surface area contributed by atoms with E-state index in [4.69, 9.17) is 16.2 Å².